The third-order valence-electron chi connectivity index (χ3n) is 9.68. The van der Waals surface area contributed by atoms with E-state index in [0.717, 1.165) is 19.3 Å². The Morgan fingerprint density at radius 3 is 2.38 bits per heavy atom. The molecule has 10 heteroatoms. The molecule has 0 aromatic carbocycles. The fourth-order valence-corrected chi connectivity index (χ4v) is 7.09. The van der Waals surface area contributed by atoms with Gasteiger partial charge in [0.05, 0.1) is 31.8 Å². The van der Waals surface area contributed by atoms with Crippen LogP contribution in [-0.2, 0) is 32.8 Å². The molecule has 5 aliphatic heterocycles. The Morgan fingerprint density at radius 1 is 1.08 bits per heavy atom. The van der Waals surface area contributed by atoms with Crippen LogP contribution in [0.5, 0.6) is 0 Å². The summed E-state index contributed by atoms with van der Waals surface area (Å²) in [5, 5.41) is -0.0144. The Hall–Kier alpha value is -0.623. The van der Waals surface area contributed by atoms with Gasteiger partial charge < -0.3 is 32.8 Å². The topological polar surface area (TPSA) is 64.6 Å². The Labute approximate surface area is 233 Å². The van der Waals surface area contributed by atoms with Gasteiger partial charge in [0.25, 0.3) is 5.97 Å². The van der Waals surface area contributed by atoms with Crippen molar-refractivity contribution in [1.29, 1.82) is 0 Å². The SMILES string of the molecule is CC12COC(CCCC=C3O[C@H]4C[C@@H](OC5CCCCO5)[C@@H](CO[Si](C)(C)C(C)(C)C)[C@H]4C3(F)F)(OC1)OC2. The first kappa shape index (κ1) is 29.9. The second-order valence-corrected chi connectivity index (χ2v) is 18.9. The minimum atomic E-state index is -3.09. The fourth-order valence-electron chi connectivity index (χ4n) is 6.04. The van der Waals surface area contributed by atoms with Gasteiger partial charge in [-0.05, 0) is 56.3 Å². The molecule has 7 nitrogen and oxygen atoms in total. The Morgan fingerprint density at radius 2 is 1.77 bits per heavy atom. The molecule has 1 aliphatic carbocycles. The lowest BCUT2D eigenvalue weighted by Gasteiger charge is -2.50. The van der Waals surface area contributed by atoms with Crippen LogP contribution in [0.3, 0.4) is 0 Å². The standard InChI is InChI=1S/C29H48F2O7Si/c1-26(2,3)39(5,6)36-16-20-21(38-24-12-8-10-14-32-24)15-22-25(20)29(30,31)23(37-22)11-7-9-13-28-33-17-27(4,18-34-28)19-35-28/h11,20-22,24-25H,7-10,12-19H2,1-6H3/t20-,21-,22+,24?,25-,27?,28?/m1/s1. The van der Waals surface area contributed by atoms with Crippen molar-refractivity contribution in [2.75, 3.05) is 33.0 Å². The van der Waals surface area contributed by atoms with Gasteiger partial charge in [-0.3, -0.25) is 0 Å². The van der Waals surface area contributed by atoms with Crippen molar-refractivity contribution >= 4 is 8.32 Å². The highest BCUT2D eigenvalue weighted by Gasteiger charge is 2.65. The number of ether oxygens (including phenoxy) is 6. The van der Waals surface area contributed by atoms with Crippen molar-refractivity contribution in [3.63, 3.8) is 0 Å². The Bertz CT molecular complexity index is 874. The highest BCUT2D eigenvalue weighted by molar-refractivity contribution is 6.74. The zero-order chi connectivity index (χ0) is 28.1. The largest absolute Gasteiger partial charge is 0.488 e. The molecule has 6 fully saturated rings. The van der Waals surface area contributed by atoms with Crippen LogP contribution >= 0.6 is 0 Å². The van der Waals surface area contributed by atoms with E-state index in [4.69, 9.17) is 32.8 Å². The van der Waals surface area contributed by atoms with Crippen molar-refractivity contribution < 1.29 is 41.6 Å². The average molecular weight is 575 g/mol. The molecule has 0 amide bonds. The fraction of sp³-hybridized carbons (Fsp3) is 0.931. The second-order valence-electron chi connectivity index (χ2n) is 14.1. The van der Waals surface area contributed by atoms with Gasteiger partial charge in [0.15, 0.2) is 20.4 Å². The molecule has 1 saturated carbocycles. The molecule has 6 aliphatic rings. The number of alkyl halides is 2. The van der Waals surface area contributed by atoms with Crippen molar-refractivity contribution in [2.24, 2.45) is 17.3 Å². The number of rotatable bonds is 9. The molecule has 39 heavy (non-hydrogen) atoms. The summed E-state index contributed by atoms with van der Waals surface area (Å²) < 4.78 is 74.1. The van der Waals surface area contributed by atoms with E-state index in [0.29, 0.717) is 52.1 Å². The summed E-state index contributed by atoms with van der Waals surface area (Å²) in [7, 11) is -2.14. The molecular formula is C29H48F2O7Si. The first-order chi connectivity index (χ1) is 18.2. The third-order valence-corrected chi connectivity index (χ3v) is 14.2. The molecule has 0 aromatic rings. The number of hydrogen-bond acceptors (Lipinski definition) is 7. The van der Waals surface area contributed by atoms with E-state index in [9.17, 15) is 0 Å². The minimum Gasteiger partial charge on any atom is -0.488 e. The maximum absolute atomic E-state index is 16.0. The van der Waals surface area contributed by atoms with Crippen molar-refractivity contribution in [2.45, 2.75) is 121 Å². The Balaban J connectivity index is 1.24. The van der Waals surface area contributed by atoms with Crippen LogP contribution in [0.4, 0.5) is 8.78 Å². The second kappa shape index (κ2) is 10.9. The lowest BCUT2D eigenvalue weighted by atomic mass is 9.89. The molecule has 0 N–H and O–H groups in total. The quantitative estimate of drug-likeness (QED) is 0.234. The molecule has 5 saturated heterocycles. The van der Waals surface area contributed by atoms with Gasteiger partial charge >= 0.3 is 5.92 Å². The van der Waals surface area contributed by atoms with E-state index in [1.807, 2.05) is 0 Å². The summed E-state index contributed by atoms with van der Waals surface area (Å²) in [6, 6.07) is 0. The predicted octanol–water partition coefficient (Wildman–Crippen LogP) is 6.38. The van der Waals surface area contributed by atoms with Gasteiger partial charge in [0, 0.05) is 37.4 Å². The maximum atomic E-state index is 16.0. The van der Waals surface area contributed by atoms with Crippen molar-refractivity contribution in [3.05, 3.63) is 11.8 Å². The van der Waals surface area contributed by atoms with E-state index < -0.39 is 38.2 Å². The van der Waals surface area contributed by atoms with Gasteiger partial charge in [-0.15, -0.1) is 0 Å². The molecule has 6 rings (SSSR count). The van der Waals surface area contributed by atoms with Crippen LogP contribution in [0, 0.1) is 17.3 Å². The maximum Gasteiger partial charge on any atom is 0.310 e. The molecule has 2 bridgehead atoms. The summed E-state index contributed by atoms with van der Waals surface area (Å²) in [6.45, 7) is 15.5. The smallest absolute Gasteiger partial charge is 0.310 e. The summed E-state index contributed by atoms with van der Waals surface area (Å²) >= 11 is 0. The summed E-state index contributed by atoms with van der Waals surface area (Å²) in [6.07, 6.45) is 4.99. The van der Waals surface area contributed by atoms with Crippen LogP contribution in [0.2, 0.25) is 18.1 Å². The van der Waals surface area contributed by atoms with E-state index in [1.165, 1.54) is 0 Å². The number of fused-ring (bicyclic) bond motifs is 4. The highest BCUT2D eigenvalue weighted by Crippen LogP contribution is 2.55. The normalized spacial score (nSPS) is 41.1. The van der Waals surface area contributed by atoms with E-state index >= 15 is 8.78 Å². The van der Waals surface area contributed by atoms with E-state index in [-0.39, 0.29) is 35.2 Å². The van der Waals surface area contributed by atoms with Crippen molar-refractivity contribution in [3.8, 4) is 0 Å². The van der Waals surface area contributed by atoms with E-state index in [1.54, 1.807) is 6.08 Å². The van der Waals surface area contributed by atoms with Crippen LogP contribution in [0.15, 0.2) is 11.8 Å². The van der Waals surface area contributed by atoms with Gasteiger partial charge in [0.2, 0.25) is 0 Å². The molecule has 1 unspecified atom stereocenters. The summed E-state index contributed by atoms with van der Waals surface area (Å²) in [5.74, 6) is -5.79. The number of halogens is 2. The number of unbranched alkanes of at least 4 members (excludes halogenated alkanes) is 1. The van der Waals surface area contributed by atoms with Gasteiger partial charge in [-0.25, -0.2) is 0 Å². The van der Waals surface area contributed by atoms with E-state index in [2.05, 4.69) is 40.8 Å². The average Bonchev–Trinajstić information content (AvgIpc) is 3.34. The molecule has 0 aromatic heterocycles. The van der Waals surface area contributed by atoms with Crippen LogP contribution < -0.4 is 0 Å². The zero-order valence-electron chi connectivity index (χ0n) is 24.6. The molecule has 5 heterocycles. The lowest BCUT2D eigenvalue weighted by molar-refractivity contribution is -0.467. The van der Waals surface area contributed by atoms with Crippen LogP contribution in [0.1, 0.15) is 72.6 Å². The molecular weight excluding hydrogens is 526 g/mol. The van der Waals surface area contributed by atoms with Crippen LogP contribution in [0.25, 0.3) is 0 Å². The molecule has 224 valence electrons. The first-order valence-electron chi connectivity index (χ1n) is 14.8. The summed E-state index contributed by atoms with van der Waals surface area (Å²) in [5.41, 5.74) is -0.100. The monoisotopic (exact) mass is 574 g/mol. The van der Waals surface area contributed by atoms with Crippen molar-refractivity contribution in [1.82, 2.24) is 0 Å². The van der Waals surface area contributed by atoms with Gasteiger partial charge in [-0.1, -0.05) is 27.7 Å². The molecule has 0 radical (unpaired) electrons. The molecule has 5 atom stereocenters. The highest BCUT2D eigenvalue weighted by atomic mass is 28.4. The Kier molecular flexibility index (Phi) is 8.34. The lowest BCUT2D eigenvalue weighted by Crippen LogP contribution is -2.58. The third kappa shape index (κ3) is 6.13. The first-order valence-corrected chi connectivity index (χ1v) is 17.7. The van der Waals surface area contributed by atoms with Gasteiger partial charge in [-0.2, -0.15) is 8.78 Å². The summed E-state index contributed by atoms with van der Waals surface area (Å²) in [4.78, 5) is 0. The number of allylic oxidation sites excluding steroid dienone is 2. The van der Waals surface area contributed by atoms with Crippen LogP contribution in [-0.4, -0.2) is 71.7 Å². The minimum absolute atomic E-state index is 0.0144. The zero-order valence-corrected chi connectivity index (χ0v) is 25.6. The number of hydrogen-bond donors (Lipinski definition) is 0. The van der Waals surface area contributed by atoms with Gasteiger partial charge in [0.1, 0.15) is 6.10 Å². The molecule has 0 spiro atoms. The predicted molar refractivity (Wildman–Crippen MR) is 144 cm³/mol.